The smallest absolute Gasteiger partial charge is 0.159 e. The lowest BCUT2D eigenvalue weighted by Crippen LogP contribution is -2.17. The van der Waals surface area contributed by atoms with Crippen LogP contribution in [0.25, 0.3) is 82.5 Å². The van der Waals surface area contributed by atoms with Crippen LogP contribution in [0, 0.1) is 0 Å². The van der Waals surface area contributed by atoms with Crippen molar-refractivity contribution in [1.29, 1.82) is 0 Å². The van der Waals surface area contributed by atoms with Crippen molar-refractivity contribution in [3.8, 4) is 27.9 Å². The van der Waals surface area contributed by atoms with E-state index in [2.05, 4.69) is 211 Å². The highest BCUT2D eigenvalue weighted by Crippen LogP contribution is 2.53. The number of anilines is 3. The van der Waals surface area contributed by atoms with E-state index in [1.807, 2.05) is 6.07 Å². The number of nitrogens with zero attached hydrogens (tertiary/aromatic N) is 2. The maximum absolute atomic E-state index is 6.69. The van der Waals surface area contributed by atoms with E-state index in [1.54, 1.807) is 0 Å². The van der Waals surface area contributed by atoms with Gasteiger partial charge in [0.05, 0.1) is 22.4 Å². The summed E-state index contributed by atoms with van der Waals surface area (Å²) in [5.74, 6) is 0. The molecule has 0 spiro atoms. The number of rotatable bonds is 5. The van der Waals surface area contributed by atoms with E-state index in [-0.39, 0.29) is 5.41 Å². The molecule has 0 unspecified atom stereocenters. The van der Waals surface area contributed by atoms with Gasteiger partial charge >= 0.3 is 0 Å². The van der Waals surface area contributed by atoms with E-state index in [4.69, 9.17) is 4.42 Å². The summed E-state index contributed by atoms with van der Waals surface area (Å²) in [5.41, 5.74) is 16.1. The first-order valence-electron chi connectivity index (χ1n) is 20.1. The molecule has 1 aliphatic rings. The van der Waals surface area contributed by atoms with Gasteiger partial charge in [-0.1, -0.05) is 141 Å². The molecule has 2 aromatic heterocycles. The summed E-state index contributed by atoms with van der Waals surface area (Å²) in [4.78, 5) is 2.40. The van der Waals surface area contributed by atoms with Crippen LogP contribution in [-0.2, 0) is 5.41 Å². The van der Waals surface area contributed by atoms with E-state index in [9.17, 15) is 0 Å². The molecule has 11 aromatic rings. The number of hydrogen-bond acceptors (Lipinski definition) is 2. The highest BCUT2D eigenvalue weighted by Gasteiger charge is 2.36. The van der Waals surface area contributed by atoms with Crippen molar-refractivity contribution in [2.24, 2.45) is 0 Å². The molecule has 3 nitrogen and oxygen atoms in total. The topological polar surface area (TPSA) is 21.3 Å². The van der Waals surface area contributed by atoms with Crippen LogP contribution in [0.15, 0.2) is 199 Å². The van der Waals surface area contributed by atoms with Crippen LogP contribution < -0.4 is 4.90 Å². The highest BCUT2D eigenvalue weighted by atomic mass is 16.3. The molecule has 274 valence electrons. The fourth-order valence-electron chi connectivity index (χ4n) is 9.77. The van der Waals surface area contributed by atoms with E-state index in [1.165, 1.54) is 71.6 Å². The van der Waals surface area contributed by atoms with E-state index >= 15 is 0 Å². The van der Waals surface area contributed by atoms with E-state index in [0.29, 0.717) is 0 Å². The fraction of sp³-hybridized carbons (Fsp3) is 0.0545. The Balaban J connectivity index is 1.00. The van der Waals surface area contributed by atoms with Gasteiger partial charge in [-0.15, -0.1) is 0 Å². The predicted octanol–water partition coefficient (Wildman–Crippen LogP) is 15.3. The summed E-state index contributed by atoms with van der Waals surface area (Å²) >= 11 is 0. The van der Waals surface area contributed by atoms with Gasteiger partial charge < -0.3 is 13.9 Å². The summed E-state index contributed by atoms with van der Waals surface area (Å²) in [6, 6.07) is 70.6. The van der Waals surface area contributed by atoms with E-state index < -0.39 is 0 Å². The zero-order valence-corrected chi connectivity index (χ0v) is 32.3. The van der Waals surface area contributed by atoms with Crippen molar-refractivity contribution in [3.63, 3.8) is 0 Å². The Kier molecular flexibility index (Phi) is 6.98. The Morgan fingerprint density at radius 1 is 0.448 bits per heavy atom. The van der Waals surface area contributed by atoms with Crippen molar-refractivity contribution in [2.45, 2.75) is 19.3 Å². The third-order valence-corrected chi connectivity index (χ3v) is 12.6. The average Bonchev–Trinajstić information content (AvgIpc) is 3.89. The van der Waals surface area contributed by atoms with Crippen LogP contribution in [0.5, 0.6) is 0 Å². The minimum Gasteiger partial charge on any atom is -0.454 e. The molecule has 0 fully saturated rings. The normalized spacial score (nSPS) is 13.1. The standard InChI is InChI=1S/C55H38N2O/c1-55(2)47-33-37(36-27-31-51-46(32-36)43-19-8-10-22-50(43)56(51)38-16-4-3-5-17-38)26-29-41(47)42-30-28-39(34-48(42)55)57(49-23-12-15-35-14-6-7-18-40(35)49)52-24-13-21-45-44-20-9-11-25-53(44)58-54(45)52/h3-34H,1-2H3. The molecule has 0 saturated carbocycles. The second kappa shape index (κ2) is 12.3. The Morgan fingerprint density at radius 3 is 1.95 bits per heavy atom. The largest absolute Gasteiger partial charge is 0.454 e. The third-order valence-electron chi connectivity index (χ3n) is 12.6. The van der Waals surface area contributed by atoms with Gasteiger partial charge in [0.1, 0.15) is 5.58 Å². The Bertz CT molecular complexity index is 3430. The van der Waals surface area contributed by atoms with Crippen LogP contribution in [0.2, 0.25) is 0 Å². The van der Waals surface area contributed by atoms with Crippen molar-refractivity contribution < 1.29 is 4.42 Å². The van der Waals surface area contributed by atoms with Crippen molar-refractivity contribution in [3.05, 3.63) is 205 Å². The van der Waals surface area contributed by atoms with Crippen LogP contribution in [-0.4, -0.2) is 4.57 Å². The van der Waals surface area contributed by atoms with Crippen LogP contribution in [0.3, 0.4) is 0 Å². The summed E-state index contributed by atoms with van der Waals surface area (Å²) < 4.78 is 9.07. The van der Waals surface area contributed by atoms with Crippen molar-refractivity contribution in [1.82, 2.24) is 4.57 Å². The molecular weight excluding hydrogens is 705 g/mol. The lowest BCUT2D eigenvalue weighted by atomic mass is 9.81. The van der Waals surface area contributed by atoms with Gasteiger partial charge in [0.15, 0.2) is 5.58 Å². The molecule has 3 heteroatoms. The maximum Gasteiger partial charge on any atom is 0.159 e. The Hall–Kier alpha value is -7.36. The van der Waals surface area contributed by atoms with E-state index in [0.717, 1.165) is 39.0 Å². The molecule has 0 saturated heterocycles. The van der Waals surface area contributed by atoms with Gasteiger partial charge in [0, 0.05) is 43.7 Å². The lowest BCUT2D eigenvalue weighted by Gasteiger charge is -2.29. The van der Waals surface area contributed by atoms with Gasteiger partial charge in [0.2, 0.25) is 0 Å². The van der Waals surface area contributed by atoms with Gasteiger partial charge in [-0.2, -0.15) is 0 Å². The molecule has 9 aromatic carbocycles. The number of hydrogen-bond donors (Lipinski definition) is 0. The third kappa shape index (κ3) is 4.74. The predicted molar refractivity (Wildman–Crippen MR) is 243 cm³/mol. The molecule has 0 aliphatic heterocycles. The Labute approximate surface area is 336 Å². The summed E-state index contributed by atoms with van der Waals surface area (Å²) in [6.07, 6.45) is 0. The number of para-hydroxylation sites is 4. The molecule has 1 aliphatic carbocycles. The van der Waals surface area contributed by atoms with Crippen LogP contribution >= 0.6 is 0 Å². The molecule has 0 N–H and O–H groups in total. The van der Waals surface area contributed by atoms with Crippen molar-refractivity contribution in [2.75, 3.05) is 4.90 Å². The van der Waals surface area contributed by atoms with Gasteiger partial charge in [-0.3, -0.25) is 0 Å². The van der Waals surface area contributed by atoms with Gasteiger partial charge in [-0.05, 0) is 105 Å². The number of benzene rings is 9. The van der Waals surface area contributed by atoms with Crippen LogP contribution in [0.1, 0.15) is 25.0 Å². The molecule has 0 amide bonds. The maximum atomic E-state index is 6.69. The minimum absolute atomic E-state index is 0.236. The molecule has 12 rings (SSSR count). The number of furan rings is 1. The van der Waals surface area contributed by atoms with Gasteiger partial charge in [-0.25, -0.2) is 0 Å². The zero-order valence-electron chi connectivity index (χ0n) is 32.3. The first kappa shape index (κ1) is 32.8. The molecule has 2 heterocycles. The molecule has 58 heavy (non-hydrogen) atoms. The van der Waals surface area contributed by atoms with Crippen molar-refractivity contribution >= 4 is 71.6 Å². The molecule has 0 radical (unpaired) electrons. The lowest BCUT2D eigenvalue weighted by molar-refractivity contribution is 0.660. The molecule has 0 bridgehead atoms. The monoisotopic (exact) mass is 742 g/mol. The first-order valence-corrected chi connectivity index (χ1v) is 20.1. The summed E-state index contributed by atoms with van der Waals surface area (Å²) in [6.45, 7) is 4.76. The quantitative estimate of drug-likeness (QED) is 0.175. The zero-order chi connectivity index (χ0) is 38.5. The second-order valence-electron chi connectivity index (χ2n) is 16.1. The first-order chi connectivity index (χ1) is 28.5. The number of fused-ring (bicyclic) bond motifs is 10. The summed E-state index contributed by atoms with van der Waals surface area (Å²) in [7, 11) is 0. The Morgan fingerprint density at radius 2 is 1.07 bits per heavy atom. The van der Waals surface area contributed by atoms with Gasteiger partial charge in [0.25, 0.3) is 0 Å². The highest BCUT2D eigenvalue weighted by molar-refractivity contribution is 6.12. The average molecular weight is 743 g/mol. The molecular formula is C55H38N2O. The minimum atomic E-state index is -0.236. The SMILES string of the molecule is CC1(C)c2cc(-c3ccc4c(c3)c3ccccc3n4-c3ccccc3)ccc2-c2ccc(N(c3cccc4ccccc34)c3cccc4c3oc3ccccc34)cc21. The number of aromatic nitrogens is 1. The fourth-order valence-corrected chi connectivity index (χ4v) is 9.77. The second-order valence-corrected chi connectivity index (χ2v) is 16.1. The molecule has 0 atom stereocenters. The summed E-state index contributed by atoms with van der Waals surface area (Å²) in [5, 5.41) is 7.15. The van der Waals surface area contributed by atoms with Crippen LogP contribution in [0.4, 0.5) is 17.1 Å².